The number of carboxylic acid groups (broad SMARTS) is 1. The lowest BCUT2D eigenvalue weighted by Crippen LogP contribution is -2.73. The minimum absolute atomic E-state index is 0.00608. The summed E-state index contributed by atoms with van der Waals surface area (Å²) in [7, 11) is 0. The lowest BCUT2D eigenvalue weighted by atomic mass is 9.34. The van der Waals surface area contributed by atoms with E-state index in [0.717, 1.165) is 25.7 Å². The van der Waals surface area contributed by atoms with Gasteiger partial charge in [-0.15, -0.1) is 0 Å². The maximum atomic E-state index is 13.6. The predicted molar refractivity (Wildman–Crippen MR) is 205 cm³/mol. The Hall–Kier alpha value is -1.72. The van der Waals surface area contributed by atoms with Gasteiger partial charge in [-0.25, -0.2) is 0 Å². The van der Waals surface area contributed by atoms with Crippen molar-refractivity contribution < 1.29 is 58.8 Å². The number of fused-ring (bicyclic) bond motifs is 3. The van der Waals surface area contributed by atoms with Crippen molar-refractivity contribution in [2.24, 2.45) is 62.4 Å². The second-order valence-electron chi connectivity index (χ2n) is 19.4. The Morgan fingerprint density at radius 3 is 2.36 bits per heavy atom. The summed E-state index contributed by atoms with van der Waals surface area (Å²) in [6.45, 7) is 18.3. The third-order valence-corrected chi connectivity index (χ3v) is 16.5. The Labute approximate surface area is 332 Å². The van der Waals surface area contributed by atoms with E-state index in [1.54, 1.807) is 0 Å². The van der Waals surface area contributed by atoms with E-state index < -0.39 is 95.3 Å². The van der Waals surface area contributed by atoms with E-state index in [2.05, 4.69) is 52.9 Å². The van der Waals surface area contributed by atoms with E-state index in [1.807, 2.05) is 6.92 Å². The standard InChI is InChI=1S/C42H70N2O12/c1-22(2)23(3)38(5)13-14-40(7)25-9-10-29-39(6)21-53-37(52-18-17-44-16-15-43)42(29,26(25)11-12-41(40,8)33(38)35(50)51)19-27(54-24(4)46)34(39)56-36-32(49)31(48)30(47)28(20-45)55-36/h11,22-23,25,27-34,36-37,44-45,47-49H,9-10,12-21,43H2,1-8H3,(H,50,51)/t23-,25+,27-,28-,29+,30-,31+,32-,33-,34+,36+,37-,38-,39-,40-,41+,42+/m1/s1. The fourth-order valence-corrected chi connectivity index (χ4v) is 13.1. The van der Waals surface area contributed by atoms with Crippen LogP contribution in [0.5, 0.6) is 0 Å². The number of hydrogen-bond donors (Lipinski definition) is 7. The number of allylic oxidation sites excluding steroid dienone is 1. The molecule has 3 saturated carbocycles. The van der Waals surface area contributed by atoms with E-state index in [0.29, 0.717) is 38.6 Å². The van der Waals surface area contributed by atoms with E-state index in [9.17, 15) is 35.1 Å². The number of carboxylic acids is 1. The highest BCUT2D eigenvalue weighted by atomic mass is 16.7. The first-order valence-corrected chi connectivity index (χ1v) is 21.0. The summed E-state index contributed by atoms with van der Waals surface area (Å²) in [6.07, 6.45) is -3.58. The summed E-state index contributed by atoms with van der Waals surface area (Å²) in [5.41, 5.74) is 3.97. The van der Waals surface area contributed by atoms with Crippen LogP contribution in [0.1, 0.15) is 93.9 Å². The second kappa shape index (κ2) is 16.0. The van der Waals surface area contributed by atoms with Crippen molar-refractivity contribution in [3.05, 3.63) is 11.6 Å². The quantitative estimate of drug-likeness (QED) is 0.0617. The second-order valence-corrected chi connectivity index (χ2v) is 19.4. The first kappa shape index (κ1) is 43.8. The van der Waals surface area contributed by atoms with Crippen molar-refractivity contribution in [3.8, 4) is 0 Å². The van der Waals surface area contributed by atoms with E-state index >= 15 is 0 Å². The van der Waals surface area contributed by atoms with Gasteiger partial charge >= 0.3 is 11.9 Å². The highest BCUT2D eigenvalue weighted by Gasteiger charge is 2.74. The molecule has 2 saturated heterocycles. The van der Waals surface area contributed by atoms with Crippen LogP contribution in [0.25, 0.3) is 0 Å². The molecule has 8 N–H and O–H groups in total. The molecule has 4 aliphatic carbocycles. The van der Waals surface area contributed by atoms with Crippen molar-refractivity contribution in [2.75, 3.05) is 39.5 Å². The third kappa shape index (κ3) is 6.70. The van der Waals surface area contributed by atoms with E-state index in [4.69, 9.17) is 29.4 Å². The number of nitrogens with two attached hydrogens (primary N) is 1. The van der Waals surface area contributed by atoms with Gasteiger partial charge in [0.1, 0.15) is 36.6 Å². The zero-order valence-electron chi connectivity index (χ0n) is 34.7. The Balaban J connectivity index is 1.45. The molecule has 17 atom stereocenters. The van der Waals surface area contributed by atoms with Gasteiger partial charge in [-0.3, -0.25) is 9.59 Å². The molecule has 0 amide bonds. The number of hydrogen-bond acceptors (Lipinski definition) is 13. The normalized spacial score (nSPS) is 47.9. The van der Waals surface area contributed by atoms with Crippen LogP contribution in [0.15, 0.2) is 11.6 Å². The highest BCUT2D eigenvalue weighted by molar-refractivity contribution is 5.73. The van der Waals surface area contributed by atoms with Crippen LogP contribution >= 0.6 is 0 Å². The summed E-state index contributed by atoms with van der Waals surface area (Å²) in [5, 5.41) is 56.6. The first-order valence-electron chi connectivity index (χ1n) is 21.0. The van der Waals surface area contributed by atoms with Gasteiger partial charge in [0.05, 0.1) is 25.7 Å². The highest BCUT2D eigenvalue weighted by Crippen LogP contribution is 2.76. The Kier molecular flexibility index (Phi) is 12.6. The molecule has 0 unspecified atom stereocenters. The molecule has 14 heteroatoms. The summed E-state index contributed by atoms with van der Waals surface area (Å²) in [6, 6.07) is 0. The largest absolute Gasteiger partial charge is 0.481 e. The minimum Gasteiger partial charge on any atom is -0.481 e. The number of esters is 1. The monoisotopic (exact) mass is 794 g/mol. The van der Waals surface area contributed by atoms with Crippen LogP contribution in [0.2, 0.25) is 0 Å². The van der Waals surface area contributed by atoms with Gasteiger partial charge in [-0.2, -0.15) is 0 Å². The molecule has 2 bridgehead atoms. The molecule has 6 aliphatic rings. The van der Waals surface area contributed by atoms with Crippen molar-refractivity contribution in [2.45, 2.75) is 143 Å². The molecule has 0 aromatic carbocycles. The number of carbonyl (C=O) groups is 2. The summed E-state index contributed by atoms with van der Waals surface area (Å²) < 4.78 is 32.2. The van der Waals surface area contributed by atoms with Gasteiger partial charge in [-0.1, -0.05) is 60.1 Å². The van der Waals surface area contributed by atoms with Crippen molar-refractivity contribution in [3.63, 3.8) is 0 Å². The maximum absolute atomic E-state index is 13.6. The molecule has 56 heavy (non-hydrogen) atoms. The molecule has 2 aliphatic heterocycles. The van der Waals surface area contributed by atoms with Crippen molar-refractivity contribution in [1.29, 1.82) is 0 Å². The van der Waals surface area contributed by atoms with Crippen LogP contribution in [-0.2, 0) is 33.3 Å². The number of rotatable bonds is 13. The van der Waals surface area contributed by atoms with Gasteiger partial charge < -0.3 is 60.3 Å². The molecule has 0 spiro atoms. The summed E-state index contributed by atoms with van der Waals surface area (Å²) in [5.74, 6) is -1.41. The van der Waals surface area contributed by atoms with Crippen LogP contribution in [0, 0.1) is 56.7 Å². The molecule has 14 nitrogen and oxygen atoms in total. The molecule has 0 aromatic heterocycles. The smallest absolute Gasteiger partial charge is 0.307 e. The van der Waals surface area contributed by atoms with Crippen LogP contribution < -0.4 is 11.1 Å². The van der Waals surface area contributed by atoms with E-state index in [1.165, 1.54) is 12.5 Å². The van der Waals surface area contributed by atoms with Gasteiger partial charge in [0.15, 0.2) is 12.6 Å². The number of aliphatic hydroxyl groups excluding tert-OH is 4. The lowest BCUT2D eigenvalue weighted by Gasteiger charge is -2.72. The molecule has 2 heterocycles. The topological polar surface area (TPSA) is 219 Å². The molecule has 5 fully saturated rings. The number of nitrogens with one attached hydrogen (secondary N) is 1. The zero-order valence-corrected chi connectivity index (χ0v) is 34.7. The third-order valence-electron chi connectivity index (χ3n) is 16.5. The van der Waals surface area contributed by atoms with Crippen molar-refractivity contribution >= 4 is 11.9 Å². The Morgan fingerprint density at radius 2 is 1.73 bits per heavy atom. The predicted octanol–water partition coefficient (Wildman–Crippen LogP) is 2.58. The Bertz CT molecular complexity index is 1480. The van der Waals surface area contributed by atoms with Gasteiger partial charge in [-0.05, 0) is 72.0 Å². The molecule has 0 aromatic rings. The SMILES string of the molecule is CC(=O)O[C@@H]1C[C@]23C4=CC[C@@]5(C)[C@H](C(=O)O)[C@@](C)([C@H](C)C(C)C)CC[C@]5(C)[C@H]4CC[C@H]2[C@@](C)(CO[C@H]3OCCNCCN)[C@H]1O[C@@H]1O[C@H](CO)[C@@H](O)[C@H](O)[C@H]1O. The number of carbonyl (C=O) groups excluding carboxylic acids is 1. The molecule has 0 radical (unpaired) electrons. The Morgan fingerprint density at radius 1 is 1.02 bits per heavy atom. The molecule has 6 rings (SSSR count). The molecule has 320 valence electrons. The van der Waals surface area contributed by atoms with Crippen LogP contribution in [0.3, 0.4) is 0 Å². The lowest BCUT2D eigenvalue weighted by molar-refractivity contribution is -0.373. The van der Waals surface area contributed by atoms with Crippen molar-refractivity contribution in [1.82, 2.24) is 5.32 Å². The number of aliphatic carboxylic acids is 1. The number of aliphatic hydroxyl groups is 4. The summed E-state index contributed by atoms with van der Waals surface area (Å²) in [4.78, 5) is 26.5. The number of ether oxygens (including phenoxy) is 5. The maximum Gasteiger partial charge on any atom is 0.307 e. The molecular weight excluding hydrogens is 724 g/mol. The van der Waals surface area contributed by atoms with Gasteiger partial charge in [0, 0.05) is 43.8 Å². The molecular formula is C42H70N2O12. The van der Waals surface area contributed by atoms with Gasteiger partial charge in [0.2, 0.25) is 0 Å². The fraction of sp³-hybridized carbons (Fsp3) is 0.905. The van der Waals surface area contributed by atoms with Crippen LogP contribution in [0.4, 0.5) is 0 Å². The first-order chi connectivity index (χ1) is 26.3. The van der Waals surface area contributed by atoms with E-state index in [-0.39, 0.29) is 36.2 Å². The summed E-state index contributed by atoms with van der Waals surface area (Å²) >= 11 is 0. The zero-order chi connectivity index (χ0) is 41.2. The van der Waals surface area contributed by atoms with Gasteiger partial charge in [0.25, 0.3) is 0 Å². The average Bonchev–Trinajstić information content (AvgIpc) is 3.13. The minimum atomic E-state index is -1.64. The van der Waals surface area contributed by atoms with Crippen LogP contribution in [-0.4, -0.2) is 126 Å². The average molecular weight is 795 g/mol. The fourth-order valence-electron chi connectivity index (χ4n) is 13.1.